The summed E-state index contributed by atoms with van der Waals surface area (Å²) in [5.41, 5.74) is 3.88. The number of methoxy groups -OCH3 is 2. The number of hydrogen-bond acceptors (Lipinski definition) is 4. The SMILES string of the molecule is COC(=O)c1c(-c2ccccc2-c2ccccc2)cc(I)c(I)c1C(=O)OC. The van der Waals surface area contributed by atoms with Crippen LogP contribution in [0.15, 0.2) is 60.7 Å². The van der Waals surface area contributed by atoms with Crippen molar-refractivity contribution in [2.45, 2.75) is 0 Å². The first-order valence-corrected chi connectivity index (χ1v) is 10.5. The normalized spacial score (nSPS) is 10.4. The van der Waals surface area contributed by atoms with Gasteiger partial charge in [0.1, 0.15) is 0 Å². The minimum Gasteiger partial charge on any atom is -0.465 e. The van der Waals surface area contributed by atoms with Crippen molar-refractivity contribution < 1.29 is 19.1 Å². The van der Waals surface area contributed by atoms with Crippen LogP contribution in [0, 0.1) is 7.14 Å². The highest BCUT2D eigenvalue weighted by molar-refractivity contribution is 14.1. The maximum Gasteiger partial charge on any atom is 0.339 e. The van der Waals surface area contributed by atoms with Crippen LogP contribution in [0.1, 0.15) is 20.7 Å². The van der Waals surface area contributed by atoms with Crippen molar-refractivity contribution in [3.05, 3.63) is 78.9 Å². The predicted octanol–water partition coefficient (Wildman–Crippen LogP) is 5.80. The van der Waals surface area contributed by atoms with E-state index in [1.165, 1.54) is 14.2 Å². The molecule has 0 heterocycles. The van der Waals surface area contributed by atoms with Gasteiger partial charge in [-0.3, -0.25) is 0 Å². The van der Waals surface area contributed by atoms with E-state index in [0.717, 1.165) is 20.3 Å². The van der Waals surface area contributed by atoms with Crippen LogP contribution in [0.25, 0.3) is 22.3 Å². The molecule has 3 aromatic carbocycles. The van der Waals surface area contributed by atoms with Gasteiger partial charge in [0.2, 0.25) is 0 Å². The topological polar surface area (TPSA) is 52.6 Å². The van der Waals surface area contributed by atoms with Gasteiger partial charge in [-0.2, -0.15) is 0 Å². The fourth-order valence-electron chi connectivity index (χ4n) is 3.03. The van der Waals surface area contributed by atoms with Gasteiger partial charge in [-0.1, -0.05) is 54.6 Å². The molecular weight excluding hydrogens is 582 g/mol. The van der Waals surface area contributed by atoms with Crippen molar-refractivity contribution in [2.75, 3.05) is 14.2 Å². The van der Waals surface area contributed by atoms with Crippen LogP contribution < -0.4 is 0 Å². The minimum atomic E-state index is -0.576. The number of esters is 2. The van der Waals surface area contributed by atoms with Crippen molar-refractivity contribution in [1.82, 2.24) is 0 Å². The molecule has 0 saturated heterocycles. The van der Waals surface area contributed by atoms with Crippen molar-refractivity contribution in [1.29, 1.82) is 0 Å². The molecule has 0 radical (unpaired) electrons. The Morgan fingerprint density at radius 1 is 0.714 bits per heavy atom. The summed E-state index contributed by atoms with van der Waals surface area (Å²) in [6, 6.07) is 19.6. The summed E-state index contributed by atoms with van der Waals surface area (Å²) in [6.07, 6.45) is 0. The molecule has 0 aromatic heterocycles. The van der Waals surface area contributed by atoms with Gasteiger partial charge in [0.25, 0.3) is 0 Å². The highest BCUT2D eigenvalue weighted by atomic mass is 127. The van der Waals surface area contributed by atoms with Gasteiger partial charge in [-0.25, -0.2) is 9.59 Å². The summed E-state index contributed by atoms with van der Waals surface area (Å²) in [4.78, 5) is 25.3. The second kappa shape index (κ2) is 9.04. The molecule has 28 heavy (non-hydrogen) atoms. The Balaban J connectivity index is 2.40. The molecule has 0 fully saturated rings. The lowest BCUT2D eigenvalue weighted by Crippen LogP contribution is -2.16. The molecule has 142 valence electrons. The number of halogens is 2. The average Bonchev–Trinajstić information content (AvgIpc) is 2.74. The zero-order valence-electron chi connectivity index (χ0n) is 15.2. The molecular formula is C22H16I2O4. The van der Waals surface area contributed by atoms with Gasteiger partial charge in [-0.05, 0) is 73.5 Å². The standard InChI is InChI=1S/C22H16I2O4/c1-27-21(25)18-16(12-17(23)20(24)19(18)22(26)28-2)15-11-7-6-10-14(15)13-8-4-3-5-9-13/h3-12H,1-2H3. The fraction of sp³-hybridized carbons (Fsp3) is 0.0909. The molecule has 0 saturated carbocycles. The van der Waals surface area contributed by atoms with Crippen molar-refractivity contribution in [3.63, 3.8) is 0 Å². The number of rotatable bonds is 4. The highest BCUT2D eigenvalue weighted by Crippen LogP contribution is 2.38. The van der Waals surface area contributed by atoms with Crippen LogP contribution in [0.2, 0.25) is 0 Å². The first-order chi connectivity index (χ1) is 13.5. The fourth-order valence-corrected chi connectivity index (χ4v) is 4.26. The van der Waals surface area contributed by atoms with E-state index in [2.05, 4.69) is 45.2 Å². The zero-order chi connectivity index (χ0) is 20.3. The second-order valence-electron chi connectivity index (χ2n) is 5.86. The molecule has 6 heteroatoms. The molecule has 0 aliphatic rings. The number of hydrogen-bond donors (Lipinski definition) is 0. The molecule has 0 atom stereocenters. The van der Waals surface area contributed by atoms with Gasteiger partial charge >= 0.3 is 11.9 Å². The van der Waals surface area contributed by atoms with E-state index in [1.54, 1.807) is 0 Å². The predicted molar refractivity (Wildman–Crippen MR) is 125 cm³/mol. The van der Waals surface area contributed by atoms with Gasteiger partial charge in [0.15, 0.2) is 0 Å². The molecule has 0 spiro atoms. The quantitative estimate of drug-likeness (QED) is 0.282. The Labute approximate surface area is 190 Å². The van der Waals surface area contributed by atoms with Crippen molar-refractivity contribution in [2.24, 2.45) is 0 Å². The van der Waals surface area contributed by atoms with Crippen molar-refractivity contribution >= 4 is 57.1 Å². The van der Waals surface area contributed by atoms with Crippen LogP contribution in [-0.2, 0) is 9.47 Å². The van der Waals surface area contributed by atoms with Gasteiger partial charge < -0.3 is 9.47 Å². The summed E-state index contributed by atoms with van der Waals surface area (Å²) in [5.74, 6) is -1.14. The first-order valence-electron chi connectivity index (χ1n) is 8.33. The third-order valence-corrected chi connectivity index (χ3v) is 7.30. The lowest BCUT2D eigenvalue weighted by molar-refractivity contribution is 0.0555. The summed E-state index contributed by atoms with van der Waals surface area (Å²) < 4.78 is 11.5. The largest absolute Gasteiger partial charge is 0.465 e. The molecule has 0 bridgehead atoms. The molecule has 3 aromatic rings. The number of carbonyl (C=O) groups excluding carboxylic acids is 2. The van der Waals surface area contributed by atoms with E-state index < -0.39 is 11.9 Å². The van der Waals surface area contributed by atoms with E-state index >= 15 is 0 Å². The Morgan fingerprint density at radius 2 is 1.25 bits per heavy atom. The van der Waals surface area contributed by atoms with Gasteiger partial charge in [-0.15, -0.1) is 0 Å². The lowest BCUT2D eigenvalue weighted by atomic mass is 9.89. The second-order valence-corrected chi connectivity index (χ2v) is 8.11. The molecule has 3 rings (SSSR count). The number of carbonyl (C=O) groups is 2. The summed E-state index contributed by atoms with van der Waals surface area (Å²) in [6.45, 7) is 0. The molecule has 0 amide bonds. The van der Waals surface area contributed by atoms with E-state index in [0.29, 0.717) is 9.13 Å². The summed E-state index contributed by atoms with van der Waals surface area (Å²) >= 11 is 4.22. The molecule has 0 aliphatic heterocycles. The molecule has 0 aliphatic carbocycles. The Kier molecular flexibility index (Phi) is 6.71. The van der Waals surface area contributed by atoms with E-state index in [4.69, 9.17) is 9.47 Å². The van der Waals surface area contributed by atoms with Gasteiger partial charge in [0.05, 0.1) is 25.3 Å². The van der Waals surface area contributed by atoms with Crippen LogP contribution in [-0.4, -0.2) is 26.2 Å². The third kappa shape index (κ3) is 3.93. The number of ether oxygens (including phenoxy) is 2. The maximum absolute atomic E-state index is 12.7. The summed E-state index contributed by atoms with van der Waals surface area (Å²) in [5, 5.41) is 0. The minimum absolute atomic E-state index is 0.211. The maximum atomic E-state index is 12.7. The van der Waals surface area contributed by atoms with Gasteiger partial charge in [0, 0.05) is 7.14 Å². The summed E-state index contributed by atoms with van der Waals surface area (Å²) in [7, 11) is 2.61. The van der Waals surface area contributed by atoms with E-state index in [1.807, 2.05) is 60.7 Å². The lowest BCUT2D eigenvalue weighted by Gasteiger charge is -2.18. The zero-order valence-corrected chi connectivity index (χ0v) is 19.5. The molecule has 0 unspecified atom stereocenters. The number of benzene rings is 3. The smallest absolute Gasteiger partial charge is 0.339 e. The highest BCUT2D eigenvalue weighted by Gasteiger charge is 2.28. The van der Waals surface area contributed by atoms with Crippen LogP contribution in [0.4, 0.5) is 0 Å². The first kappa shape index (κ1) is 20.8. The third-order valence-electron chi connectivity index (χ3n) is 4.30. The van der Waals surface area contributed by atoms with Crippen LogP contribution in [0.3, 0.4) is 0 Å². The van der Waals surface area contributed by atoms with E-state index in [9.17, 15) is 9.59 Å². The van der Waals surface area contributed by atoms with Crippen LogP contribution >= 0.6 is 45.2 Å². The van der Waals surface area contributed by atoms with Crippen molar-refractivity contribution in [3.8, 4) is 22.3 Å². The monoisotopic (exact) mass is 598 g/mol. The Hall–Kier alpha value is -1.94. The van der Waals surface area contributed by atoms with Crippen LogP contribution in [0.5, 0.6) is 0 Å². The molecule has 4 nitrogen and oxygen atoms in total. The molecule has 0 N–H and O–H groups in total. The average molecular weight is 598 g/mol. The van der Waals surface area contributed by atoms with E-state index in [-0.39, 0.29) is 11.1 Å². The Bertz CT molecular complexity index is 1050. The Morgan fingerprint density at radius 3 is 1.86 bits per heavy atom.